The summed E-state index contributed by atoms with van der Waals surface area (Å²) >= 11 is 0. The smallest absolute Gasteiger partial charge is 0.410 e. The van der Waals surface area contributed by atoms with Crippen molar-refractivity contribution >= 4 is 27.5 Å². The Morgan fingerprint density at radius 1 is 1.08 bits per heavy atom. The van der Waals surface area contributed by atoms with Gasteiger partial charge < -0.3 is 10.1 Å². The molecule has 0 bridgehead atoms. The highest BCUT2D eigenvalue weighted by atomic mass is 32.2. The van der Waals surface area contributed by atoms with Gasteiger partial charge in [-0.1, -0.05) is 12.8 Å². The van der Waals surface area contributed by atoms with Crippen LogP contribution in [0.3, 0.4) is 0 Å². The Bertz CT molecular complexity index is 769. The number of carbonyl (C=O) groups excluding carboxylic acids is 2. The van der Waals surface area contributed by atoms with Gasteiger partial charge in [0.05, 0.1) is 17.3 Å². The quantitative estimate of drug-likeness (QED) is 0.867. The van der Waals surface area contributed by atoms with Crippen LogP contribution in [0.25, 0.3) is 0 Å². The minimum absolute atomic E-state index is 0.291. The number of likely N-dealkylation sites (tertiary alicyclic amines) is 1. The summed E-state index contributed by atoms with van der Waals surface area (Å²) in [5, 5.41) is 2.46. The fourth-order valence-corrected chi connectivity index (χ4v) is 5.57. The molecule has 1 heterocycles. The third-order valence-electron chi connectivity index (χ3n) is 5.16. The molecule has 0 radical (unpaired) electrons. The molecule has 1 aromatic rings. The topological polar surface area (TPSA) is 92.8 Å². The van der Waals surface area contributed by atoms with Crippen molar-refractivity contribution in [3.05, 3.63) is 24.3 Å². The van der Waals surface area contributed by atoms with Crippen LogP contribution < -0.4 is 5.32 Å². The van der Waals surface area contributed by atoms with Gasteiger partial charge >= 0.3 is 6.09 Å². The zero-order valence-electron chi connectivity index (χ0n) is 14.8. The van der Waals surface area contributed by atoms with E-state index < -0.39 is 22.0 Å². The number of rotatable bonds is 4. The van der Waals surface area contributed by atoms with Gasteiger partial charge in [0.15, 0.2) is 9.84 Å². The fraction of sp³-hybridized carbons (Fsp3) is 0.556. The molecule has 0 spiro atoms. The van der Waals surface area contributed by atoms with Crippen LogP contribution in [0.1, 0.15) is 38.5 Å². The number of sulfone groups is 1. The van der Waals surface area contributed by atoms with Crippen molar-refractivity contribution in [3.8, 4) is 0 Å². The number of nitrogens with one attached hydrogen (secondary N) is 1. The number of amides is 2. The molecule has 1 aliphatic heterocycles. The van der Waals surface area contributed by atoms with E-state index in [-0.39, 0.29) is 11.2 Å². The molecular weight excluding hydrogens is 356 g/mol. The minimum atomic E-state index is -3.31. The number of benzene rings is 1. The van der Waals surface area contributed by atoms with Crippen LogP contribution in [0.15, 0.2) is 29.2 Å². The van der Waals surface area contributed by atoms with E-state index in [4.69, 9.17) is 4.74 Å². The molecule has 2 aliphatic rings. The first kappa shape index (κ1) is 18.7. The first-order valence-corrected chi connectivity index (χ1v) is 10.5. The van der Waals surface area contributed by atoms with E-state index in [2.05, 4.69) is 5.32 Å². The molecule has 1 atom stereocenters. The van der Waals surface area contributed by atoms with Crippen molar-refractivity contribution in [2.45, 2.75) is 54.7 Å². The Balaban J connectivity index is 1.67. The molecule has 7 nitrogen and oxygen atoms in total. The highest BCUT2D eigenvalue weighted by Gasteiger charge is 2.35. The van der Waals surface area contributed by atoms with Crippen LogP contribution in [0.5, 0.6) is 0 Å². The van der Waals surface area contributed by atoms with Gasteiger partial charge in [-0.3, -0.25) is 9.69 Å². The van der Waals surface area contributed by atoms with Gasteiger partial charge in [0, 0.05) is 12.2 Å². The number of nitrogens with zero attached hydrogens (tertiary/aromatic N) is 1. The first-order valence-electron chi connectivity index (χ1n) is 8.93. The average molecular weight is 380 g/mol. The zero-order valence-corrected chi connectivity index (χ0v) is 15.6. The lowest BCUT2D eigenvalue weighted by atomic mass is 10.2. The molecule has 8 heteroatoms. The van der Waals surface area contributed by atoms with Crippen molar-refractivity contribution in [1.29, 1.82) is 0 Å². The fourth-order valence-electron chi connectivity index (χ4n) is 3.72. The summed E-state index contributed by atoms with van der Waals surface area (Å²) < 4.78 is 29.9. The molecule has 0 aromatic heterocycles. The molecule has 2 fully saturated rings. The maximum atomic E-state index is 12.6. The molecule has 1 N–H and O–H groups in total. The summed E-state index contributed by atoms with van der Waals surface area (Å²) in [5.41, 5.74) is 0.511. The summed E-state index contributed by atoms with van der Waals surface area (Å²) in [6.07, 6.45) is 4.14. The number of hydrogen-bond acceptors (Lipinski definition) is 5. The minimum Gasteiger partial charge on any atom is -0.453 e. The maximum absolute atomic E-state index is 12.6. The predicted octanol–water partition coefficient (Wildman–Crippen LogP) is 2.57. The van der Waals surface area contributed by atoms with Crippen LogP contribution in [0, 0.1) is 0 Å². The lowest BCUT2D eigenvalue weighted by molar-refractivity contribution is -0.119. The number of hydrogen-bond donors (Lipinski definition) is 1. The van der Waals surface area contributed by atoms with Crippen LogP contribution in [0.2, 0.25) is 0 Å². The van der Waals surface area contributed by atoms with Gasteiger partial charge in [-0.15, -0.1) is 0 Å². The molecule has 3 rings (SSSR count). The Morgan fingerprint density at radius 3 is 2.35 bits per heavy atom. The van der Waals surface area contributed by atoms with Crippen molar-refractivity contribution in [3.63, 3.8) is 0 Å². The summed E-state index contributed by atoms with van der Waals surface area (Å²) in [6.45, 7) is 0.489. The normalized spacial score (nSPS) is 21.0. The monoisotopic (exact) mass is 380 g/mol. The van der Waals surface area contributed by atoms with E-state index >= 15 is 0 Å². The SMILES string of the molecule is COC(=O)N1CCCC1C(=O)Nc1ccc(S(=O)(=O)C2CCCC2)cc1. The second kappa shape index (κ2) is 7.65. The van der Waals surface area contributed by atoms with Crippen molar-refractivity contribution in [2.24, 2.45) is 0 Å². The molecule has 1 unspecified atom stereocenters. The summed E-state index contributed by atoms with van der Waals surface area (Å²) in [6, 6.07) is 5.70. The lowest BCUT2D eigenvalue weighted by Crippen LogP contribution is -2.43. The molecule has 2 amide bonds. The number of methoxy groups -OCH3 is 1. The van der Waals surface area contributed by atoms with Gasteiger partial charge in [-0.25, -0.2) is 13.2 Å². The van der Waals surface area contributed by atoms with Crippen LogP contribution >= 0.6 is 0 Å². The number of anilines is 1. The highest BCUT2D eigenvalue weighted by molar-refractivity contribution is 7.92. The van der Waals surface area contributed by atoms with Crippen molar-refractivity contribution in [1.82, 2.24) is 4.90 Å². The van der Waals surface area contributed by atoms with Gasteiger partial charge in [-0.05, 0) is 49.9 Å². The molecule has 142 valence electrons. The Kier molecular flexibility index (Phi) is 5.50. The maximum Gasteiger partial charge on any atom is 0.410 e. The lowest BCUT2D eigenvalue weighted by Gasteiger charge is -2.22. The second-order valence-corrected chi connectivity index (χ2v) is 9.01. The van der Waals surface area contributed by atoms with Gasteiger partial charge in [-0.2, -0.15) is 0 Å². The van der Waals surface area contributed by atoms with E-state index in [1.807, 2.05) is 0 Å². The van der Waals surface area contributed by atoms with Crippen LogP contribution in [0.4, 0.5) is 10.5 Å². The van der Waals surface area contributed by atoms with Gasteiger partial charge in [0.1, 0.15) is 6.04 Å². The van der Waals surface area contributed by atoms with E-state index in [9.17, 15) is 18.0 Å². The summed E-state index contributed by atoms with van der Waals surface area (Å²) in [7, 11) is -2.01. The second-order valence-electron chi connectivity index (χ2n) is 6.79. The van der Waals surface area contributed by atoms with E-state index in [1.165, 1.54) is 24.1 Å². The Labute approximate surface area is 153 Å². The number of carbonyl (C=O) groups is 2. The zero-order chi connectivity index (χ0) is 18.7. The van der Waals surface area contributed by atoms with Crippen LogP contribution in [-0.4, -0.2) is 50.3 Å². The van der Waals surface area contributed by atoms with E-state index in [0.29, 0.717) is 36.4 Å². The average Bonchev–Trinajstić information content (AvgIpc) is 3.33. The number of ether oxygens (including phenoxy) is 1. The molecular formula is C18H24N2O5S. The standard InChI is InChI=1S/C18H24N2O5S/c1-25-18(22)20-12-4-7-16(20)17(21)19-13-8-10-15(11-9-13)26(23,24)14-5-2-3-6-14/h8-11,14,16H,2-7,12H2,1H3,(H,19,21). The molecule has 1 aliphatic carbocycles. The Hall–Kier alpha value is -2.09. The predicted molar refractivity (Wildman–Crippen MR) is 96.6 cm³/mol. The molecule has 1 saturated carbocycles. The molecule has 1 saturated heterocycles. The van der Waals surface area contributed by atoms with Gasteiger partial charge in [0.2, 0.25) is 5.91 Å². The summed E-state index contributed by atoms with van der Waals surface area (Å²) in [4.78, 5) is 25.9. The molecule has 1 aromatic carbocycles. The molecule has 26 heavy (non-hydrogen) atoms. The van der Waals surface area contributed by atoms with E-state index in [0.717, 1.165) is 19.3 Å². The first-order chi connectivity index (χ1) is 12.4. The van der Waals surface area contributed by atoms with Crippen LogP contribution in [-0.2, 0) is 19.4 Å². The highest BCUT2D eigenvalue weighted by Crippen LogP contribution is 2.30. The third-order valence-corrected chi connectivity index (χ3v) is 7.43. The summed E-state index contributed by atoms with van der Waals surface area (Å²) in [5.74, 6) is -0.292. The third kappa shape index (κ3) is 3.70. The van der Waals surface area contributed by atoms with Crippen molar-refractivity contribution in [2.75, 3.05) is 19.0 Å². The largest absolute Gasteiger partial charge is 0.453 e. The Morgan fingerprint density at radius 2 is 1.73 bits per heavy atom. The van der Waals surface area contributed by atoms with Crippen molar-refractivity contribution < 1.29 is 22.7 Å². The van der Waals surface area contributed by atoms with Gasteiger partial charge in [0.25, 0.3) is 0 Å². The van der Waals surface area contributed by atoms with E-state index in [1.54, 1.807) is 12.1 Å².